The van der Waals surface area contributed by atoms with E-state index >= 15 is 0 Å². The average Bonchev–Trinajstić information content (AvgIpc) is 2.95. The highest BCUT2D eigenvalue weighted by atomic mass is 79.9. The summed E-state index contributed by atoms with van der Waals surface area (Å²) in [6.45, 7) is 0.120. The number of thioether (sulfide) groups is 1. The molecule has 1 aliphatic rings. The molecule has 1 atom stereocenters. The Balaban J connectivity index is 2.06. The second-order valence-electron chi connectivity index (χ2n) is 4.09. The monoisotopic (exact) mass is 355 g/mol. The number of furan rings is 1. The van der Waals surface area contributed by atoms with Crippen molar-refractivity contribution in [3.05, 3.63) is 16.5 Å². The van der Waals surface area contributed by atoms with E-state index in [0.717, 1.165) is 17.9 Å². The van der Waals surface area contributed by atoms with Crippen molar-refractivity contribution in [2.75, 3.05) is 18.1 Å². The fraction of sp³-hybridized carbons (Fsp3) is 0.600. The average molecular weight is 356 g/mol. The van der Waals surface area contributed by atoms with E-state index in [2.05, 4.69) is 20.7 Å². The standard InChI is InChI=1S/C10H14BrNO4S2/c11-10-9(3-8(5-13)16-10)18(14,15)12-4-7-1-2-17-6-7/h3,7,12-13H,1-2,4-6H2. The number of sulfonamides is 1. The van der Waals surface area contributed by atoms with Gasteiger partial charge in [0.05, 0.1) is 0 Å². The maximum absolute atomic E-state index is 12.0. The molecule has 0 amide bonds. The van der Waals surface area contributed by atoms with Crippen LogP contribution in [-0.4, -0.2) is 31.6 Å². The fourth-order valence-corrected chi connectivity index (χ4v) is 5.10. The summed E-state index contributed by atoms with van der Waals surface area (Å²) >= 11 is 4.89. The van der Waals surface area contributed by atoms with Gasteiger partial charge in [0.15, 0.2) is 4.67 Å². The number of aliphatic hydroxyl groups is 1. The number of hydrogen-bond donors (Lipinski definition) is 2. The summed E-state index contributed by atoms with van der Waals surface area (Å²) in [7, 11) is -3.58. The topological polar surface area (TPSA) is 79.5 Å². The molecule has 102 valence electrons. The molecule has 1 aromatic heterocycles. The first-order chi connectivity index (χ1) is 8.53. The van der Waals surface area contributed by atoms with Gasteiger partial charge in [-0.05, 0) is 39.8 Å². The van der Waals surface area contributed by atoms with E-state index in [-0.39, 0.29) is 21.9 Å². The highest BCUT2D eigenvalue weighted by Crippen LogP contribution is 2.27. The number of nitrogens with one attached hydrogen (secondary N) is 1. The Morgan fingerprint density at radius 1 is 1.61 bits per heavy atom. The summed E-state index contributed by atoms with van der Waals surface area (Å²) in [5.74, 6) is 2.71. The van der Waals surface area contributed by atoms with E-state index in [9.17, 15) is 8.42 Å². The number of hydrogen-bond acceptors (Lipinski definition) is 5. The lowest BCUT2D eigenvalue weighted by Gasteiger charge is -2.09. The van der Waals surface area contributed by atoms with Crippen molar-refractivity contribution >= 4 is 37.7 Å². The Hall–Kier alpha value is -0.0200. The highest BCUT2D eigenvalue weighted by Gasteiger charge is 2.24. The smallest absolute Gasteiger partial charge is 0.244 e. The summed E-state index contributed by atoms with van der Waals surface area (Å²) in [5.41, 5.74) is 0. The van der Waals surface area contributed by atoms with Crippen LogP contribution in [0.25, 0.3) is 0 Å². The van der Waals surface area contributed by atoms with Gasteiger partial charge in [0, 0.05) is 12.6 Å². The molecule has 2 heterocycles. The Labute approximate surface area is 119 Å². The van der Waals surface area contributed by atoms with Gasteiger partial charge in [-0.3, -0.25) is 0 Å². The summed E-state index contributed by atoms with van der Waals surface area (Å²) in [4.78, 5) is 0.0391. The van der Waals surface area contributed by atoms with Gasteiger partial charge >= 0.3 is 0 Å². The molecule has 0 saturated carbocycles. The molecule has 5 nitrogen and oxygen atoms in total. The number of rotatable bonds is 5. The van der Waals surface area contributed by atoms with Crippen molar-refractivity contribution < 1.29 is 17.9 Å². The van der Waals surface area contributed by atoms with Gasteiger partial charge in [0.2, 0.25) is 10.0 Å². The predicted molar refractivity (Wildman–Crippen MR) is 73.0 cm³/mol. The van der Waals surface area contributed by atoms with Crippen LogP contribution < -0.4 is 4.72 Å². The van der Waals surface area contributed by atoms with Gasteiger partial charge in [-0.15, -0.1) is 0 Å². The normalized spacial score (nSPS) is 20.4. The maximum atomic E-state index is 12.0. The maximum Gasteiger partial charge on any atom is 0.244 e. The second kappa shape index (κ2) is 5.96. The lowest BCUT2D eigenvalue weighted by molar-refractivity contribution is 0.245. The Bertz CT molecular complexity index is 508. The fourth-order valence-electron chi connectivity index (χ4n) is 1.71. The second-order valence-corrected chi connectivity index (χ2v) is 7.70. The molecule has 0 spiro atoms. The molecule has 8 heteroatoms. The zero-order valence-electron chi connectivity index (χ0n) is 9.56. The van der Waals surface area contributed by atoms with Crippen molar-refractivity contribution in [1.29, 1.82) is 0 Å². The molecular weight excluding hydrogens is 342 g/mol. The molecule has 1 unspecified atom stereocenters. The van der Waals surface area contributed by atoms with Crippen molar-refractivity contribution in [2.24, 2.45) is 5.92 Å². The molecular formula is C10H14BrNO4S2. The third kappa shape index (κ3) is 3.30. The van der Waals surface area contributed by atoms with Crippen molar-refractivity contribution in [3.8, 4) is 0 Å². The number of halogens is 1. The molecule has 1 aromatic rings. The van der Waals surface area contributed by atoms with Crippen LogP contribution in [0.2, 0.25) is 0 Å². The minimum atomic E-state index is -3.58. The molecule has 0 bridgehead atoms. The van der Waals surface area contributed by atoms with Crippen LogP contribution in [0.1, 0.15) is 12.2 Å². The Morgan fingerprint density at radius 3 is 2.94 bits per heavy atom. The lowest BCUT2D eigenvalue weighted by atomic mass is 10.1. The van der Waals surface area contributed by atoms with Crippen LogP contribution in [0.5, 0.6) is 0 Å². The van der Waals surface area contributed by atoms with Crippen molar-refractivity contribution in [3.63, 3.8) is 0 Å². The minimum Gasteiger partial charge on any atom is -0.450 e. The third-order valence-electron chi connectivity index (χ3n) is 2.74. The van der Waals surface area contributed by atoms with Gasteiger partial charge in [-0.25, -0.2) is 13.1 Å². The molecule has 2 N–H and O–H groups in total. The molecule has 0 radical (unpaired) electrons. The molecule has 1 saturated heterocycles. The first-order valence-corrected chi connectivity index (χ1v) is 8.92. The van der Waals surface area contributed by atoms with Crippen molar-refractivity contribution in [1.82, 2.24) is 4.72 Å². The van der Waals surface area contributed by atoms with Gasteiger partial charge in [0.1, 0.15) is 17.3 Å². The summed E-state index contributed by atoms with van der Waals surface area (Å²) in [6, 6.07) is 1.33. The van der Waals surface area contributed by atoms with E-state index < -0.39 is 10.0 Å². The zero-order chi connectivity index (χ0) is 13.2. The lowest BCUT2D eigenvalue weighted by Crippen LogP contribution is -2.29. The largest absolute Gasteiger partial charge is 0.450 e. The summed E-state index contributed by atoms with van der Waals surface area (Å²) in [5, 5.41) is 8.91. The molecule has 0 aliphatic carbocycles. The minimum absolute atomic E-state index is 0.0391. The third-order valence-corrected chi connectivity index (χ3v) is 6.25. The van der Waals surface area contributed by atoms with E-state index in [0.29, 0.717) is 12.5 Å². The highest BCUT2D eigenvalue weighted by molar-refractivity contribution is 9.10. The summed E-state index contributed by atoms with van der Waals surface area (Å²) < 4.78 is 31.9. The van der Waals surface area contributed by atoms with Gasteiger partial charge in [-0.1, -0.05) is 0 Å². The Kier molecular flexibility index (Phi) is 4.76. The van der Waals surface area contributed by atoms with E-state index in [1.165, 1.54) is 6.07 Å². The number of aliphatic hydroxyl groups excluding tert-OH is 1. The van der Waals surface area contributed by atoms with Crippen LogP contribution in [0.3, 0.4) is 0 Å². The van der Waals surface area contributed by atoms with Crippen LogP contribution >= 0.6 is 27.7 Å². The van der Waals surface area contributed by atoms with Crippen LogP contribution in [0, 0.1) is 5.92 Å². The van der Waals surface area contributed by atoms with Crippen LogP contribution in [0.15, 0.2) is 20.0 Å². The first-order valence-electron chi connectivity index (χ1n) is 5.49. The molecule has 2 rings (SSSR count). The van der Waals surface area contributed by atoms with Gasteiger partial charge in [0.25, 0.3) is 0 Å². The molecule has 1 aliphatic heterocycles. The Morgan fingerprint density at radius 2 is 2.39 bits per heavy atom. The van der Waals surface area contributed by atoms with E-state index in [1.807, 2.05) is 11.8 Å². The van der Waals surface area contributed by atoms with E-state index in [1.54, 1.807) is 0 Å². The first kappa shape index (κ1) is 14.4. The van der Waals surface area contributed by atoms with Crippen LogP contribution in [-0.2, 0) is 16.6 Å². The van der Waals surface area contributed by atoms with Gasteiger partial charge in [-0.2, -0.15) is 11.8 Å². The molecule has 1 fully saturated rings. The van der Waals surface area contributed by atoms with E-state index in [4.69, 9.17) is 9.52 Å². The zero-order valence-corrected chi connectivity index (χ0v) is 12.8. The molecule has 18 heavy (non-hydrogen) atoms. The SMILES string of the molecule is O=S(=O)(NCC1CCSC1)c1cc(CO)oc1Br. The van der Waals surface area contributed by atoms with Crippen molar-refractivity contribution in [2.45, 2.75) is 17.9 Å². The molecule has 0 aromatic carbocycles. The van der Waals surface area contributed by atoms with Crippen LogP contribution in [0.4, 0.5) is 0 Å². The predicted octanol–water partition coefficient (Wildman–Crippen LogP) is 1.57. The summed E-state index contributed by atoms with van der Waals surface area (Å²) in [6.07, 6.45) is 1.04. The quantitative estimate of drug-likeness (QED) is 0.837. The van der Waals surface area contributed by atoms with Gasteiger partial charge < -0.3 is 9.52 Å².